The van der Waals surface area contributed by atoms with Crippen LogP contribution < -0.4 is 0 Å². The zero-order valence-corrected chi connectivity index (χ0v) is 11.9. The van der Waals surface area contributed by atoms with E-state index in [0.717, 1.165) is 0 Å². The number of hydrogen-bond donors (Lipinski definition) is 1. The third-order valence-electron chi connectivity index (χ3n) is 3.95. The van der Waals surface area contributed by atoms with Gasteiger partial charge in [0.1, 0.15) is 0 Å². The molecule has 1 N–H and O–H groups in total. The van der Waals surface area contributed by atoms with Crippen LogP contribution in [-0.2, 0) is 4.79 Å². The standard InChI is InChI=1S/C17H20O3/c1-11(2)12-7-9-13(10-8-12)16(18)14-5-3-4-6-15(14)17(19)20/h3-4,7-11,14-15H,5-6H2,1-2H3,(H,19,20). The zero-order valence-electron chi connectivity index (χ0n) is 11.9. The lowest BCUT2D eigenvalue weighted by atomic mass is 9.78. The van der Waals surface area contributed by atoms with Gasteiger partial charge in [-0.2, -0.15) is 0 Å². The molecule has 0 amide bonds. The van der Waals surface area contributed by atoms with Gasteiger partial charge in [0, 0.05) is 11.5 Å². The number of benzene rings is 1. The van der Waals surface area contributed by atoms with E-state index in [9.17, 15) is 14.7 Å². The highest BCUT2D eigenvalue weighted by molar-refractivity contribution is 6.00. The minimum atomic E-state index is -0.883. The summed E-state index contributed by atoms with van der Waals surface area (Å²) in [6.07, 6.45) is 4.71. The van der Waals surface area contributed by atoms with Gasteiger partial charge < -0.3 is 5.11 Å². The first-order chi connectivity index (χ1) is 9.50. The molecule has 0 radical (unpaired) electrons. The maximum atomic E-state index is 12.5. The van der Waals surface area contributed by atoms with Crippen molar-refractivity contribution in [1.82, 2.24) is 0 Å². The second kappa shape index (κ2) is 6.04. The predicted octanol–water partition coefficient (Wildman–Crippen LogP) is 3.66. The van der Waals surface area contributed by atoms with Crippen molar-refractivity contribution >= 4 is 11.8 Å². The zero-order chi connectivity index (χ0) is 14.7. The molecule has 1 aliphatic carbocycles. The van der Waals surface area contributed by atoms with Crippen molar-refractivity contribution in [3.63, 3.8) is 0 Å². The Hall–Kier alpha value is -1.90. The lowest BCUT2D eigenvalue weighted by Gasteiger charge is -2.24. The fourth-order valence-electron chi connectivity index (χ4n) is 2.62. The number of carboxylic acid groups (broad SMARTS) is 1. The SMILES string of the molecule is CC(C)c1ccc(C(=O)C2CC=CCC2C(=O)O)cc1. The number of allylic oxidation sites excluding steroid dienone is 2. The molecule has 1 aliphatic rings. The molecule has 0 saturated heterocycles. The molecule has 106 valence electrons. The van der Waals surface area contributed by atoms with Gasteiger partial charge >= 0.3 is 5.97 Å². The van der Waals surface area contributed by atoms with Crippen molar-refractivity contribution in [1.29, 1.82) is 0 Å². The number of carbonyl (C=O) groups excluding carboxylic acids is 1. The molecular weight excluding hydrogens is 252 g/mol. The number of ketones is 1. The van der Waals surface area contributed by atoms with Crippen LogP contribution in [0, 0.1) is 11.8 Å². The topological polar surface area (TPSA) is 54.4 Å². The maximum absolute atomic E-state index is 12.5. The predicted molar refractivity (Wildman–Crippen MR) is 77.9 cm³/mol. The van der Waals surface area contributed by atoms with Crippen molar-refractivity contribution in [2.24, 2.45) is 11.8 Å². The molecule has 2 atom stereocenters. The molecule has 0 bridgehead atoms. The fraction of sp³-hybridized carbons (Fsp3) is 0.412. The summed E-state index contributed by atoms with van der Waals surface area (Å²) in [4.78, 5) is 23.8. The van der Waals surface area contributed by atoms with E-state index in [1.165, 1.54) is 5.56 Å². The molecule has 1 aromatic rings. The Kier molecular flexibility index (Phi) is 4.38. The van der Waals surface area contributed by atoms with Gasteiger partial charge in [0.05, 0.1) is 5.92 Å². The summed E-state index contributed by atoms with van der Waals surface area (Å²) in [5.74, 6) is -1.56. The number of carboxylic acids is 1. The molecule has 0 heterocycles. The highest BCUT2D eigenvalue weighted by Crippen LogP contribution is 2.29. The molecule has 1 aromatic carbocycles. The molecule has 0 aliphatic heterocycles. The Bertz CT molecular complexity index is 526. The summed E-state index contributed by atoms with van der Waals surface area (Å²) in [6.45, 7) is 4.20. The van der Waals surface area contributed by atoms with Gasteiger partial charge in [-0.25, -0.2) is 0 Å². The van der Waals surface area contributed by atoms with Gasteiger partial charge in [0.2, 0.25) is 0 Å². The summed E-state index contributed by atoms with van der Waals surface area (Å²) in [5, 5.41) is 9.24. The van der Waals surface area contributed by atoms with Crippen molar-refractivity contribution in [3.05, 3.63) is 47.5 Å². The first kappa shape index (κ1) is 14.5. The second-order valence-electron chi connectivity index (χ2n) is 5.63. The van der Waals surface area contributed by atoms with Crippen LogP contribution in [0.25, 0.3) is 0 Å². The first-order valence-electron chi connectivity index (χ1n) is 7.02. The van der Waals surface area contributed by atoms with Crippen molar-refractivity contribution in [2.75, 3.05) is 0 Å². The first-order valence-corrected chi connectivity index (χ1v) is 7.02. The van der Waals surface area contributed by atoms with Gasteiger partial charge in [-0.1, -0.05) is 50.3 Å². The van der Waals surface area contributed by atoms with Crippen LogP contribution in [0.5, 0.6) is 0 Å². The number of aliphatic carboxylic acids is 1. The van der Waals surface area contributed by atoms with Crippen LogP contribution in [-0.4, -0.2) is 16.9 Å². The summed E-state index contributed by atoms with van der Waals surface area (Å²) < 4.78 is 0. The highest BCUT2D eigenvalue weighted by Gasteiger charge is 2.34. The minimum Gasteiger partial charge on any atom is -0.481 e. The van der Waals surface area contributed by atoms with E-state index >= 15 is 0 Å². The summed E-state index contributed by atoms with van der Waals surface area (Å²) in [6, 6.07) is 7.53. The average Bonchev–Trinajstić information content (AvgIpc) is 2.46. The number of Topliss-reactive ketones (excluding diaryl/α,β-unsaturated/α-hetero) is 1. The quantitative estimate of drug-likeness (QED) is 0.672. The van der Waals surface area contributed by atoms with Crippen molar-refractivity contribution in [3.8, 4) is 0 Å². The Morgan fingerprint density at radius 1 is 1.05 bits per heavy atom. The van der Waals surface area contributed by atoms with E-state index in [-0.39, 0.29) is 5.78 Å². The average molecular weight is 272 g/mol. The van der Waals surface area contributed by atoms with Crippen LogP contribution >= 0.6 is 0 Å². The van der Waals surface area contributed by atoms with Crippen LogP contribution in [0.2, 0.25) is 0 Å². The van der Waals surface area contributed by atoms with E-state index in [0.29, 0.717) is 24.3 Å². The van der Waals surface area contributed by atoms with Crippen LogP contribution in [0.3, 0.4) is 0 Å². The summed E-state index contributed by atoms with van der Waals surface area (Å²) >= 11 is 0. The van der Waals surface area contributed by atoms with E-state index in [2.05, 4.69) is 13.8 Å². The molecule has 0 aromatic heterocycles. The Morgan fingerprint density at radius 2 is 1.60 bits per heavy atom. The monoisotopic (exact) mass is 272 g/mol. The Labute approximate surface area is 119 Å². The van der Waals surface area contributed by atoms with Crippen molar-refractivity contribution in [2.45, 2.75) is 32.6 Å². The van der Waals surface area contributed by atoms with Gasteiger partial charge in [-0.3, -0.25) is 9.59 Å². The Morgan fingerprint density at radius 3 is 2.10 bits per heavy atom. The molecule has 3 nitrogen and oxygen atoms in total. The maximum Gasteiger partial charge on any atom is 0.307 e. The minimum absolute atomic E-state index is 0.0583. The fourth-order valence-corrected chi connectivity index (χ4v) is 2.62. The largest absolute Gasteiger partial charge is 0.481 e. The summed E-state index contributed by atoms with van der Waals surface area (Å²) in [5.41, 5.74) is 1.79. The van der Waals surface area contributed by atoms with Gasteiger partial charge in [-0.05, 0) is 24.3 Å². The summed E-state index contributed by atoms with van der Waals surface area (Å²) in [7, 11) is 0. The number of carbonyl (C=O) groups is 2. The number of rotatable bonds is 4. The van der Waals surface area contributed by atoms with Crippen LogP contribution in [0.4, 0.5) is 0 Å². The molecule has 0 fully saturated rings. The normalized spacial score (nSPS) is 21.9. The Balaban J connectivity index is 2.21. The second-order valence-corrected chi connectivity index (χ2v) is 5.63. The van der Waals surface area contributed by atoms with E-state index in [1.54, 1.807) is 0 Å². The molecule has 0 spiro atoms. The highest BCUT2D eigenvalue weighted by atomic mass is 16.4. The third kappa shape index (κ3) is 2.98. The van der Waals surface area contributed by atoms with E-state index < -0.39 is 17.8 Å². The van der Waals surface area contributed by atoms with Crippen LogP contribution in [0.1, 0.15) is 48.5 Å². The van der Waals surface area contributed by atoms with Crippen molar-refractivity contribution < 1.29 is 14.7 Å². The molecule has 3 heteroatoms. The molecule has 2 unspecified atom stereocenters. The van der Waals surface area contributed by atoms with Gasteiger partial charge in [-0.15, -0.1) is 0 Å². The molecule has 2 rings (SSSR count). The lowest BCUT2D eigenvalue weighted by molar-refractivity contribution is -0.143. The van der Waals surface area contributed by atoms with E-state index in [1.807, 2.05) is 36.4 Å². The molecule has 0 saturated carbocycles. The van der Waals surface area contributed by atoms with E-state index in [4.69, 9.17) is 0 Å². The molecule has 20 heavy (non-hydrogen) atoms. The number of hydrogen-bond acceptors (Lipinski definition) is 2. The molecular formula is C17H20O3. The van der Waals surface area contributed by atoms with Gasteiger partial charge in [0.25, 0.3) is 0 Å². The van der Waals surface area contributed by atoms with Gasteiger partial charge in [0.15, 0.2) is 5.78 Å². The van der Waals surface area contributed by atoms with Crippen LogP contribution in [0.15, 0.2) is 36.4 Å². The third-order valence-corrected chi connectivity index (χ3v) is 3.95. The smallest absolute Gasteiger partial charge is 0.307 e. The lowest BCUT2D eigenvalue weighted by Crippen LogP contribution is -2.31.